The molecule has 0 spiro atoms. The van der Waals surface area contributed by atoms with E-state index in [1.807, 2.05) is 0 Å². The molecule has 0 amide bonds. The fraction of sp³-hybridized carbons (Fsp3) is 0.286. The van der Waals surface area contributed by atoms with Crippen molar-refractivity contribution < 1.29 is 45.7 Å². The minimum Gasteiger partial charge on any atom is -1.00 e. The molecule has 0 heterocycles. The van der Waals surface area contributed by atoms with Crippen molar-refractivity contribution in [2.24, 2.45) is 5.92 Å². The molecular weight excluding hydrogens is 527 g/mol. The molecule has 2 aliphatic carbocycles. The summed E-state index contributed by atoms with van der Waals surface area (Å²) in [5.41, 5.74) is 7.98. The maximum atomic E-state index is 2.74. The van der Waals surface area contributed by atoms with Gasteiger partial charge >= 0.3 is 191 Å². The molecule has 0 bridgehead atoms. The molecule has 165 valence electrons. The van der Waals surface area contributed by atoms with Gasteiger partial charge in [0, 0.05) is 0 Å². The van der Waals surface area contributed by atoms with Gasteiger partial charge in [-0.3, -0.25) is 0 Å². The molecule has 0 saturated heterocycles. The summed E-state index contributed by atoms with van der Waals surface area (Å²) in [6.07, 6.45) is 9.03. The van der Waals surface area contributed by atoms with Gasteiger partial charge in [-0.1, -0.05) is 0 Å². The van der Waals surface area contributed by atoms with Gasteiger partial charge in [0.15, 0.2) is 0 Å². The van der Waals surface area contributed by atoms with Crippen molar-refractivity contribution in [1.29, 1.82) is 0 Å². The Hall–Kier alpha value is -0.920. The van der Waals surface area contributed by atoms with Crippen LogP contribution in [0.4, 0.5) is 0 Å². The third-order valence-corrected chi connectivity index (χ3v) is 28.6. The van der Waals surface area contributed by atoms with Crippen LogP contribution >= 0.6 is 0 Å². The summed E-state index contributed by atoms with van der Waals surface area (Å²) >= 11 is -1.82. The van der Waals surface area contributed by atoms with Gasteiger partial charge in [0.2, 0.25) is 0 Å². The fourth-order valence-corrected chi connectivity index (χ4v) is 26.6. The molecule has 5 rings (SSSR count). The van der Waals surface area contributed by atoms with E-state index < -0.39 is 26.8 Å². The number of hydrogen-bond donors (Lipinski definition) is 0. The molecule has 0 nitrogen and oxygen atoms in total. The molecule has 3 aromatic rings. The Bertz CT molecular complexity index is 1170. The minimum absolute atomic E-state index is 0. The predicted molar refractivity (Wildman–Crippen MR) is 131 cm³/mol. The van der Waals surface area contributed by atoms with Gasteiger partial charge in [-0.2, -0.15) is 0 Å². The van der Waals surface area contributed by atoms with E-state index >= 15 is 0 Å². The van der Waals surface area contributed by atoms with Gasteiger partial charge < -0.3 is 24.8 Å². The summed E-state index contributed by atoms with van der Waals surface area (Å²) in [5, 5.41) is 2.81. The first-order valence-electron chi connectivity index (χ1n) is 11.5. The Balaban J connectivity index is 0.00000144. The molecule has 0 N–H and O–H groups in total. The molecule has 4 heteroatoms. The van der Waals surface area contributed by atoms with E-state index in [9.17, 15) is 0 Å². The fourth-order valence-electron chi connectivity index (χ4n) is 5.58. The summed E-state index contributed by atoms with van der Waals surface area (Å²) in [4.78, 5) is 0. The van der Waals surface area contributed by atoms with E-state index in [-0.39, 0.29) is 24.8 Å². The number of fused-ring (bicyclic) bond motifs is 4. The van der Waals surface area contributed by atoms with Crippen molar-refractivity contribution in [3.05, 3.63) is 95.1 Å². The van der Waals surface area contributed by atoms with Gasteiger partial charge in [0.05, 0.1) is 0 Å². The monoisotopic (exact) mass is 555 g/mol. The van der Waals surface area contributed by atoms with Crippen molar-refractivity contribution >= 4 is 28.3 Å². The molecular formula is C28H31Cl2SiZr. The Morgan fingerprint density at radius 3 is 2.34 bits per heavy atom. The summed E-state index contributed by atoms with van der Waals surface area (Å²) in [7, 11) is 0. The second-order valence-electron chi connectivity index (χ2n) is 9.28. The first-order valence-corrected chi connectivity index (χ1v) is 21.5. The quantitative estimate of drug-likeness (QED) is 0.419. The molecule has 0 saturated carbocycles. The van der Waals surface area contributed by atoms with Crippen LogP contribution in [-0.4, -0.2) is 5.92 Å². The normalized spacial score (nSPS) is 19.1. The second kappa shape index (κ2) is 10.6. The maximum Gasteiger partial charge on any atom is -1.00 e. The SMILES string of the molecule is CCC(C)C1=C[CH]([Zr+2]([CH]2C=Cc3c2ccc2ccccc32)[SiH](C)C)c2ccccc21.[Cl-].[Cl-]. The van der Waals surface area contributed by atoms with Gasteiger partial charge in [-0.25, -0.2) is 0 Å². The van der Waals surface area contributed by atoms with E-state index in [4.69, 9.17) is 0 Å². The smallest absolute Gasteiger partial charge is 1.00 e. The third kappa shape index (κ3) is 4.29. The molecule has 0 aliphatic heterocycles. The van der Waals surface area contributed by atoms with Gasteiger partial charge in [-0.05, 0) is 0 Å². The predicted octanol–water partition coefficient (Wildman–Crippen LogP) is 1.70. The molecule has 0 fully saturated rings. The van der Waals surface area contributed by atoms with E-state index in [1.165, 1.54) is 22.8 Å². The van der Waals surface area contributed by atoms with Crippen molar-refractivity contribution in [1.82, 2.24) is 0 Å². The van der Waals surface area contributed by atoms with Crippen LogP contribution in [-0.2, 0) is 20.9 Å². The standard InChI is InChI=1S/C13H9.C13H15.C2H7Si.2ClH.Zr/c1-2-6-12-10(4-1)8-9-11-5-3-7-13(11)12;1-3-10(2)12-9-8-11-6-4-5-7-13(11)12;1-3-2;;;/h1-9H;4-10H,3H2,1-2H3;3H,1-2H3;2*1H;/q;;;;;+2/p-2. The Morgan fingerprint density at radius 2 is 1.59 bits per heavy atom. The van der Waals surface area contributed by atoms with Crippen molar-refractivity contribution in [2.45, 2.75) is 40.6 Å². The molecule has 0 radical (unpaired) electrons. The Morgan fingerprint density at radius 1 is 0.875 bits per heavy atom. The number of halogens is 2. The van der Waals surface area contributed by atoms with Crippen LogP contribution in [0.15, 0.2) is 72.8 Å². The zero-order valence-electron chi connectivity index (χ0n) is 19.3. The molecule has 2 aliphatic rings. The van der Waals surface area contributed by atoms with Crippen molar-refractivity contribution in [3.8, 4) is 0 Å². The first kappa shape index (κ1) is 25.7. The van der Waals surface area contributed by atoms with Crippen LogP contribution in [0.25, 0.3) is 22.4 Å². The molecule has 3 atom stereocenters. The zero-order valence-corrected chi connectivity index (χ0v) is 24.4. The number of rotatable bonds is 5. The number of benzene rings is 3. The van der Waals surface area contributed by atoms with Gasteiger partial charge in [0.25, 0.3) is 0 Å². The summed E-state index contributed by atoms with van der Waals surface area (Å²) in [5.74, 6) is -0.0809. The summed E-state index contributed by atoms with van der Waals surface area (Å²) < 4.78 is 1.47. The Kier molecular flexibility index (Phi) is 8.48. The average molecular weight is 558 g/mol. The maximum absolute atomic E-state index is 2.74. The summed E-state index contributed by atoms with van der Waals surface area (Å²) in [6, 6.07) is 23.1. The van der Waals surface area contributed by atoms with Gasteiger partial charge in [0.1, 0.15) is 0 Å². The average Bonchev–Trinajstić information content (AvgIpc) is 3.36. The van der Waals surface area contributed by atoms with Crippen LogP contribution in [0.3, 0.4) is 0 Å². The van der Waals surface area contributed by atoms with E-state index in [0.29, 0.717) is 5.92 Å². The molecule has 3 unspecified atom stereocenters. The van der Waals surface area contributed by atoms with E-state index in [2.05, 4.69) is 106 Å². The molecule has 0 aromatic heterocycles. The van der Waals surface area contributed by atoms with Crippen molar-refractivity contribution in [2.75, 3.05) is 0 Å². The molecule has 32 heavy (non-hydrogen) atoms. The van der Waals surface area contributed by atoms with Crippen LogP contribution in [0.1, 0.15) is 49.8 Å². The van der Waals surface area contributed by atoms with Crippen LogP contribution < -0.4 is 24.8 Å². The van der Waals surface area contributed by atoms with E-state index in [1.54, 1.807) is 22.3 Å². The molecule has 3 aromatic carbocycles. The second-order valence-corrected chi connectivity index (χ2v) is 29.6. The van der Waals surface area contributed by atoms with Gasteiger partial charge in [-0.15, -0.1) is 0 Å². The largest absolute Gasteiger partial charge is 1.00 e. The van der Waals surface area contributed by atoms with Crippen molar-refractivity contribution in [3.63, 3.8) is 0 Å². The Labute approximate surface area is 214 Å². The number of hydrogen-bond acceptors (Lipinski definition) is 0. The third-order valence-electron chi connectivity index (χ3n) is 7.28. The van der Waals surface area contributed by atoms with E-state index in [0.717, 1.165) is 7.25 Å². The zero-order chi connectivity index (χ0) is 20.8. The van der Waals surface area contributed by atoms with Crippen LogP contribution in [0, 0.1) is 5.92 Å². The summed E-state index contributed by atoms with van der Waals surface area (Å²) in [6.45, 7) is 10.0. The van der Waals surface area contributed by atoms with Crippen LogP contribution in [0.5, 0.6) is 0 Å². The first-order chi connectivity index (χ1) is 14.6. The topological polar surface area (TPSA) is 0 Å². The minimum atomic E-state index is -1.82. The van der Waals surface area contributed by atoms with Crippen LogP contribution in [0.2, 0.25) is 13.1 Å². The number of allylic oxidation sites excluding steroid dienone is 3.